The molecule has 8 nitrogen and oxygen atoms in total. The molecule has 1 amide bonds. The van der Waals surface area contributed by atoms with Crippen molar-refractivity contribution in [3.8, 4) is 17.2 Å². The van der Waals surface area contributed by atoms with Crippen LogP contribution in [0.3, 0.4) is 0 Å². The van der Waals surface area contributed by atoms with Crippen LogP contribution in [0, 0.1) is 5.82 Å². The first-order valence-electron chi connectivity index (χ1n) is 11.2. The molecule has 0 N–H and O–H groups in total. The van der Waals surface area contributed by atoms with E-state index in [1.54, 1.807) is 28.9 Å². The smallest absolute Gasteiger partial charge is 0.256 e. The Morgan fingerprint density at radius 2 is 1.91 bits per heavy atom. The lowest BCUT2D eigenvalue weighted by Gasteiger charge is -2.19. The number of amides is 1. The Morgan fingerprint density at radius 1 is 1.18 bits per heavy atom. The molecule has 0 saturated heterocycles. The van der Waals surface area contributed by atoms with Crippen molar-refractivity contribution >= 4 is 18.3 Å². The minimum Gasteiger partial charge on any atom is -0.337 e. The lowest BCUT2D eigenvalue weighted by atomic mass is 10.1. The Morgan fingerprint density at radius 3 is 2.61 bits per heavy atom. The van der Waals surface area contributed by atoms with E-state index in [4.69, 9.17) is 4.52 Å². The lowest BCUT2D eigenvalue weighted by Crippen LogP contribution is -2.25. The first kappa shape index (κ1) is 24.9. The normalized spacial score (nSPS) is 13.0. The Hall–Kier alpha value is -2.78. The third-order valence-electron chi connectivity index (χ3n) is 5.74. The Labute approximate surface area is 199 Å². The standard InChI is InChI=1S/C23H29FN6O2.ClH/c1-4-6-10-29(11-7-5-2)14-20-26-22(27-32-20)21-19-13-28(3)23(31)17-12-16(24)8-9-18(17)30(19)15-25-21;/h8-9,12,15H,4-7,10-11,13-14H2,1-3H3;1H. The molecule has 1 aliphatic heterocycles. The molecule has 0 atom stereocenters. The van der Waals surface area contributed by atoms with E-state index in [-0.39, 0.29) is 18.3 Å². The molecular formula is C23H30ClFN6O2. The van der Waals surface area contributed by atoms with Gasteiger partial charge in [-0.25, -0.2) is 9.37 Å². The zero-order valence-electron chi connectivity index (χ0n) is 19.3. The van der Waals surface area contributed by atoms with Crippen LogP contribution in [0.2, 0.25) is 0 Å². The van der Waals surface area contributed by atoms with Crippen molar-refractivity contribution in [3.05, 3.63) is 47.5 Å². The highest BCUT2D eigenvalue weighted by Gasteiger charge is 2.28. The van der Waals surface area contributed by atoms with E-state index in [1.807, 2.05) is 0 Å². The molecule has 0 aliphatic carbocycles. The number of unbranched alkanes of at least 4 members (excludes halogenated alkanes) is 2. The summed E-state index contributed by atoms with van der Waals surface area (Å²) in [6.07, 6.45) is 6.14. The molecule has 0 unspecified atom stereocenters. The zero-order chi connectivity index (χ0) is 22.7. The number of imidazole rings is 1. The second-order valence-electron chi connectivity index (χ2n) is 8.23. The van der Waals surface area contributed by atoms with Crippen LogP contribution in [0.1, 0.15) is 61.5 Å². The highest BCUT2D eigenvalue weighted by molar-refractivity contribution is 5.98. The van der Waals surface area contributed by atoms with Gasteiger partial charge in [-0.2, -0.15) is 4.98 Å². The van der Waals surface area contributed by atoms with E-state index in [9.17, 15) is 9.18 Å². The number of carbonyl (C=O) groups excluding carboxylic acids is 1. The van der Waals surface area contributed by atoms with E-state index in [0.29, 0.717) is 41.7 Å². The largest absolute Gasteiger partial charge is 0.337 e. The number of benzene rings is 1. The van der Waals surface area contributed by atoms with Crippen LogP contribution in [0.4, 0.5) is 4.39 Å². The van der Waals surface area contributed by atoms with E-state index < -0.39 is 5.82 Å². The third kappa shape index (κ3) is 5.25. The molecule has 33 heavy (non-hydrogen) atoms. The van der Waals surface area contributed by atoms with Gasteiger partial charge in [-0.3, -0.25) is 14.3 Å². The van der Waals surface area contributed by atoms with Crippen LogP contribution >= 0.6 is 12.4 Å². The van der Waals surface area contributed by atoms with Crippen molar-refractivity contribution in [1.29, 1.82) is 0 Å². The summed E-state index contributed by atoms with van der Waals surface area (Å²) in [6.45, 7) is 7.25. The second-order valence-corrected chi connectivity index (χ2v) is 8.23. The molecule has 0 spiro atoms. The summed E-state index contributed by atoms with van der Waals surface area (Å²) >= 11 is 0. The fourth-order valence-electron chi connectivity index (χ4n) is 3.95. The number of carbonyl (C=O) groups is 1. The first-order valence-corrected chi connectivity index (χ1v) is 11.2. The third-order valence-corrected chi connectivity index (χ3v) is 5.74. The Balaban J connectivity index is 0.00000306. The Bertz CT molecular complexity index is 1090. The molecule has 1 aliphatic rings. The van der Waals surface area contributed by atoms with Gasteiger partial charge in [-0.15, -0.1) is 12.4 Å². The number of aromatic nitrogens is 4. The highest BCUT2D eigenvalue weighted by atomic mass is 35.5. The molecule has 3 aromatic rings. The Kier molecular flexibility index (Phi) is 8.20. The van der Waals surface area contributed by atoms with Crippen molar-refractivity contribution in [2.45, 2.75) is 52.6 Å². The SMILES string of the molecule is CCCCN(CCCC)Cc1nc(-c2ncn3c2CN(C)C(=O)c2cc(F)ccc2-3)no1.Cl. The molecule has 0 fully saturated rings. The lowest BCUT2D eigenvalue weighted by molar-refractivity contribution is 0.0787. The number of hydrogen-bond acceptors (Lipinski definition) is 6. The monoisotopic (exact) mass is 476 g/mol. The van der Waals surface area contributed by atoms with Crippen molar-refractivity contribution in [2.24, 2.45) is 0 Å². The molecule has 1 aromatic carbocycles. The van der Waals surface area contributed by atoms with Crippen molar-refractivity contribution < 1.29 is 13.7 Å². The van der Waals surface area contributed by atoms with Crippen LogP contribution < -0.4 is 0 Å². The van der Waals surface area contributed by atoms with Gasteiger partial charge in [-0.1, -0.05) is 31.8 Å². The van der Waals surface area contributed by atoms with Crippen LogP contribution in [0.15, 0.2) is 29.0 Å². The molecule has 2 aromatic heterocycles. The summed E-state index contributed by atoms with van der Waals surface area (Å²) in [6, 6.07) is 4.20. The molecule has 0 saturated carbocycles. The molecule has 10 heteroatoms. The average Bonchev–Trinajstić information content (AvgIpc) is 3.39. The summed E-state index contributed by atoms with van der Waals surface area (Å²) < 4.78 is 21.2. The topological polar surface area (TPSA) is 80.3 Å². The fraction of sp³-hybridized carbons (Fsp3) is 0.478. The summed E-state index contributed by atoms with van der Waals surface area (Å²) in [4.78, 5) is 25.8. The van der Waals surface area contributed by atoms with E-state index in [0.717, 1.165) is 44.5 Å². The summed E-state index contributed by atoms with van der Waals surface area (Å²) in [5.74, 6) is 0.249. The van der Waals surface area contributed by atoms with Crippen LogP contribution in [-0.4, -0.2) is 55.5 Å². The van der Waals surface area contributed by atoms with Crippen molar-refractivity contribution in [1.82, 2.24) is 29.5 Å². The maximum atomic E-state index is 13.8. The summed E-state index contributed by atoms with van der Waals surface area (Å²) in [5.41, 5.74) is 2.20. The van der Waals surface area contributed by atoms with Gasteiger partial charge in [0.15, 0.2) is 0 Å². The van der Waals surface area contributed by atoms with Crippen molar-refractivity contribution in [2.75, 3.05) is 20.1 Å². The van der Waals surface area contributed by atoms with Crippen LogP contribution in [0.5, 0.6) is 0 Å². The van der Waals surface area contributed by atoms with Gasteiger partial charge in [-0.05, 0) is 44.1 Å². The minimum atomic E-state index is -0.451. The maximum Gasteiger partial charge on any atom is 0.256 e. The first-order chi connectivity index (χ1) is 15.5. The van der Waals surface area contributed by atoms with Gasteiger partial charge in [0.1, 0.15) is 17.8 Å². The minimum absolute atomic E-state index is 0. The van der Waals surface area contributed by atoms with Gasteiger partial charge >= 0.3 is 0 Å². The molecule has 3 heterocycles. The van der Waals surface area contributed by atoms with Crippen LogP contribution in [0.25, 0.3) is 17.2 Å². The maximum absolute atomic E-state index is 13.8. The van der Waals surface area contributed by atoms with E-state index >= 15 is 0 Å². The van der Waals surface area contributed by atoms with Crippen LogP contribution in [-0.2, 0) is 13.1 Å². The average molecular weight is 477 g/mol. The zero-order valence-corrected chi connectivity index (χ0v) is 20.1. The highest BCUT2D eigenvalue weighted by Crippen LogP contribution is 2.29. The molecule has 178 valence electrons. The predicted molar refractivity (Wildman–Crippen MR) is 125 cm³/mol. The summed E-state index contributed by atoms with van der Waals surface area (Å²) in [5, 5.41) is 4.17. The molecule has 4 rings (SSSR count). The molecular weight excluding hydrogens is 447 g/mol. The number of fused-ring (bicyclic) bond motifs is 3. The van der Waals surface area contributed by atoms with Crippen molar-refractivity contribution in [3.63, 3.8) is 0 Å². The quantitative estimate of drug-likeness (QED) is 0.453. The number of hydrogen-bond donors (Lipinski definition) is 0. The van der Waals surface area contributed by atoms with Gasteiger partial charge < -0.3 is 9.42 Å². The van der Waals surface area contributed by atoms with Gasteiger partial charge in [0, 0.05) is 7.05 Å². The number of halogens is 2. The fourth-order valence-corrected chi connectivity index (χ4v) is 3.95. The molecule has 0 radical (unpaired) electrons. The van der Waals surface area contributed by atoms with Gasteiger partial charge in [0.25, 0.3) is 5.91 Å². The molecule has 0 bridgehead atoms. The predicted octanol–water partition coefficient (Wildman–Crippen LogP) is 4.47. The van der Waals surface area contributed by atoms with Gasteiger partial charge in [0.05, 0.1) is 30.0 Å². The number of rotatable bonds is 9. The van der Waals surface area contributed by atoms with E-state index in [2.05, 4.69) is 33.9 Å². The number of nitrogens with zero attached hydrogens (tertiary/aromatic N) is 6. The second kappa shape index (κ2) is 10.9. The van der Waals surface area contributed by atoms with Gasteiger partial charge in [0.2, 0.25) is 11.7 Å². The van der Waals surface area contributed by atoms with E-state index in [1.165, 1.54) is 12.1 Å². The summed E-state index contributed by atoms with van der Waals surface area (Å²) in [7, 11) is 1.68.